The molecule has 0 radical (unpaired) electrons. The van der Waals surface area contributed by atoms with E-state index in [9.17, 15) is 4.79 Å². The van der Waals surface area contributed by atoms with Crippen molar-refractivity contribution in [3.05, 3.63) is 30.0 Å². The predicted octanol–water partition coefficient (Wildman–Crippen LogP) is 1.06. The number of ether oxygens (including phenoxy) is 2. The topological polar surface area (TPSA) is 104 Å². The maximum absolute atomic E-state index is 12.0. The molecule has 0 saturated heterocycles. The van der Waals surface area contributed by atoms with Gasteiger partial charge < -0.3 is 24.5 Å². The van der Waals surface area contributed by atoms with Crippen molar-refractivity contribution < 1.29 is 18.7 Å². The monoisotopic (exact) mass is 340 g/mol. The number of amides is 1. The summed E-state index contributed by atoms with van der Waals surface area (Å²) in [6, 6.07) is 4.53. The molecule has 1 atom stereocenters. The van der Waals surface area contributed by atoms with E-state index >= 15 is 0 Å². The van der Waals surface area contributed by atoms with Crippen molar-refractivity contribution in [1.82, 2.24) is 10.2 Å². The molecular formula is C14H17ClN4O4. The number of hydrogen-bond acceptors (Lipinski definition) is 7. The highest BCUT2D eigenvalue weighted by Crippen LogP contribution is 2.34. The molecule has 0 unspecified atom stereocenters. The SMILES string of the molecule is Cc1nnc(COc2ccc3c(c2)N(C)C(=O)[C@@H](N)CO3)o1.Cl. The van der Waals surface area contributed by atoms with Gasteiger partial charge in [0.05, 0.1) is 5.69 Å². The molecule has 1 aromatic heterocycles. The van der Waals surface area contributed by atoms with Crippen LogP contribution in [0, 0.1) is 6.92 Å². The first-order valence-corrected chi connectivity index (χ1v) is 6.76. The van der Waals surface area contributed by atoms with Gasteiger partial charge >= 0.3 is 0 Å². The third-order valence-electron chi connectivity index (χ3n) is 3.29. The van der Waals surface area contributed by atoms with E-state index in [1.54, 1.807) is 32.2 Å². The fraction of sp³-hybridized carbons (Fsp3) is 0.357. The normalized spacial score (nSPS) is 16.9. The summed E-state index contributed by atoms with van der Waals surface area (Å²) in [4.78, 5) is 13.5. The van der Waals surface area contributed by atoms with Gasteiger partial charge in [-0.15, -0.1) is 22.6 Å². The number of carbonyl (C=O) groups excluding carboxylic acids is 1. The summed E-state index contributed by atoms with van der Waals surface area (Å²) >= 11 is 0. The number of halogens is 1. The maximum Gasteiger partial charge on any atom is 0.253 e. The zero-order valence-electron chi connectivity index (χ0n) is 12.7. The first kappa shape index (κ1) is 17.0. The Morgan fingerprint density at radius 3 is 2.91 bits per heavy atom. The number of aromatic nitrogens is 2. The molecule has 0 saturated carbocycles. The van der Waals surface area contributed by atoms with Crippen molar-refractivity contribution in [2.75, 3.05) is 18.6 Å². The van der Waals surface area contributed by atoms with Gasteiger partial charge in [-0.1, -0.05) is 0 Å². The van der Waals surface area contributed by atoms with Crippen molar-refractivity contribution >= 4 is 24.0 Å². The third kappa shape index (κ3) is 3.54. The zero-order valence-corrected chi connectivity index (χ0v) is 13.5. The Morgan fingerprint density at radius 1 is 1.43 bits per heavy atom. The van der Waals surface area contributed by atoms with Crippen LogP contribution >= 0.6 is 12.4 Å². The highest BCUT2D eigenvalue weighted by Gasteiger charge is 2.26. The second kappa shape index (κ2) is 6.84. The van der Waals surface area contributed by atoms with Crippen molar-refractivity contribution in [3.63, 3.8) is 0 Å². The summed E-state index contributed by atoms with van der Waals surface area (Å²) in [5, 5.41) is 7.58. The lowest BCUT2D eigenvalue weighted by Crippen LogP contribution is -2.43. The van der Waals surface area contributed by atoms with Crippen molar-refractivity contribution in [1.29, 1.82) is 0 Å². The lowest BCUT2D eigenvalue weighted by Gasteiger charge is -2.18. The molecule has 3 rings (SSSR count). The van der Waals surface area contributed by atoms with Gasteiger partial charge in [0.15, 0.2) is 6.61 Å². The minimum atomic E-state index is -0.678. The Kier molecular flexibility index (Phi) is 5.07. The van der Waals surface area contributed by atoms with Gasteiger partial charge in [0.1, 0.15) is 24.1 Å². The molecule has 1 amide bonds. The second-order valence-corrected chi connectivity index (χ2v) is 4.95. The predicted molar refractivity (Wildman–Crippen MR) is 83.9 cm³/mol. The molecule has 23 heavy (non-hydrogen) atoms. The molecule has 2 heterocycles. The van der Waals surface area contributed by atoms with Crippen LogP contribution in [-0.2, 0) is 11.4 Å². The highest BCUT2D eigenvalue weighted by atomic mass is 35.5. The molecule has 0 fully saturated rings. The van der Waals surface area contributed by atoms with Crippen LogP contribution in [0.3, 0.4) is 0 Å². The van der Waals surface area contributed by atoms with Crippen LogP contribution in [-0.4, -0.2) is 35.8 Å². The van der Waals surface area contributed by atoms with E-state index in [1.807, 2.05) is 0 Å². The number of aryl methyl sites for hydroxylation is 1. The van der Waals surface area contributed by atoms with E-state index in [1.165, 1.54) is 4.90 Å². The summed E-state index contributed by atoms with van der Waals surface area (Å²) in [5.41, 5.74) is 6.36. The van der Waals surface area contributed by atoms with Gasteiger partial charge in [-0.05, 0) is 12.1 Å². The molecule has 0 aliphatic carbocycles. The van der Waals surface area contributed by atoms with E-state index in [0.717, 1.165) is 0 Å². The highest BCUT2D eigenvalue weighted by molar-refractivity contribution is 5.98. The molecule has 124 valence electrons. The summed E-state index contributed by atoms with van der Waals surface area (Å²) < 4.78 is 16.4. The minimum Gasteiger partial charge on any atom is -0.489 e. The number of fused-ring (bicyclic) bond motifs is 1. The van der Waals surface area contributed by atoms with Crippen LogP contribution in [0.5, 0.6) is 11.5 Å². The number of nitrogens with two attached hydrogens (primary N) is 1. The quantitative estimate of drug-likeness (QED) is 0.890. The Balaban J connectivity index is 0.00000192. The fourth-order valence-corrected chi connectivity index (χ4v) is 2.13. The molecule has 9 heteroatoms. The summed E-state index contributed by atoms with van der Waals surface area (Å²) in [7, 11) is 1.65. The number of nitrogens with zero attached hydrogens (tertiary/aromatic N) is 3. The van der Waals surface area contributed by atoms with Crippen LogP contribution in [0.25, 0.3) is 0 Å². The number of benzene rings is 1. The Bertz CT molecular complexity index is 706. The number of hydrogen-bond donors (Lipinski definition) is 1. The minimum absolute atomic E-state index is 0. The number of rotatable bonds is 3. The Labute approximate surface area is 139 Å². The molecular weight excluding hydrogens is 324 g/mol. The molecule has 0 bridgehead atoms. The number of anilines is 1. The summed E-state index contributed by atoms with van der Waals surface area (Å²) in [5.74, 6) is 1.81. The fourth-order valence-electron chi connectivity index (χ4n) is 2.13. The van der Waals surface area contributed by atoms with Crippen molar-refractivity contribution in [2.24, 2.45) is 5.73 Å². The van der Waals surface area contributed by atoms with Gasteiger partial charge in [-0.3, -0.25) is 4.79 Å². The zero-order chi connectivity index (χ0) is 15.7. The standard InChI is InChI=1S/C14H16N4O4.ClH/c1-8-16-17-13(22-8)7-20-9-3-4-12-11(5-9)18(2)14(19)10(15)6-21-12;/h3-5,10H,6-7,15H2,1-2H3;1H/t10-;/m0./s1. The van der Waals surface area contributed by atoms with Crippen LogP contribution in [0.1, 0.15) is 11.8 Å². The number of likely N-dealkylation sites (N-methyl/N-ethyl adjacent to an activating group) is 1. The van der Waals surface area contributed by atoms with E-state index in [-0.39, 0.29) is 31.5 Å². The Morgan fingerprint density at radius 2 is 2.22 bits per heavy atom. The van der Waals surface area contributed by atoms with E-state index in [2.05, 4.69) is 10.2 Å². The van der Waals surface area contributed by atoms with Crippen LogP contribution in [0.2, 0.25) is 0 Å². The van der Waals surface area contributed by atoms with E-state index in [4.69, 9.17) is 19.6 Å². The first-order chi connectivity index (χ1) is 10.5. The first-order valence-electron chi connectivity index (χ1n) is 6.76. The van der Waals surface area contributed by atoms with Crippen LogP contribution in [0.4, 0.5) is 5.69 Å². The Hall–Kier alpha value is -2.32. The average molecular weight is 341 g/mol. The van der Waals surface area contributed by atoms with Crippen LogP contribution in [0.15, 0.2) is 22.6 Å². The van der Waals surface area contributed by atoms with Gasteiger partial charge in [0.25, 0.3) is 5.89 Å². The lowest BCUT2D eigenvalue weighted by atomic mass is 10.2. The van der Waals surface area contributed by atoms with E-state index in [0.29, 0.717) is 29.0 Å². The lowest BCUT2D eigenvalue weighted by molar-refractivity contribution is -0.119. The van der Waals surface area contributed by atoms with Gasteiger partial charge in [0.2, 0.25) is 11.8 Å². The number of carbonyl (C=O) groups is 1. The summed E-state index contributed by atoms with van der Waals surface area (Å²) in [6.45, 7) is 2.01. The molecule has 0 spiro atoms. The van der Waals surface area contributed by atoms with Crippen molar-refractivity contribution in [2.45, 2.75) is 19.6 Å². The smallest absolute Gasteiger partial charge is 0.253 e. The van der Waals surface area contributed by atoms with E-state index < -0.39 is 6.04 Å². The molecule has 1 aromatic carbocycles. The van der Waals surface area contributed by atoms with Gasteiger partial charge in [-0.25, -0.2) is 0 Å². The van der Waals surface area contributed by atoms with Crippen molar-refractivity contribution in [3.8, 4) is 11.5 Å². The van der Waals surface area contributed by atoms with Gasteiger partial charge in [-0.2, -0.15) is 0 Å². The van der Waals surface area contributed by atoms with Gasteiger partial charge in [0, 0.05) is 20.0 Å². The molecule has 2 aromatic rings. The molecule has 2 N–H and O–H groups in total. The van der Waals surface area contributed by atoms with Crippen LogP contribution < -0.4 is 20.1 Å². The molecule has 1 aliphatic heterocycles. The molecule has 8 nitrogen and oxygen atoms in total. The second-order valence-electron chi connectivity index (χ2n) is 4.95. The largest absolute Gasteiger partial charge is 0.489 e. The molecule has 1 aliphatic rings. The average Bonchev–Trinajstić information content (AvgIpc) is 2.90. The maximum atomic E-state index is 12.0. The summed E-state index contributed by atoms with van der Waals surface area (Å²) in [6.07, 6.45) is 0. The third-order valence-corrected chi connectivity index (χ3v) is 3.29.